The molecular weight excluding hydrogens is 314 g/mol. The van der Waals surface area contributed by atoms with Gasteiger partial charge in [-0.2, -0.15) is 0 Å². The van der Waals surface area contributed by atoms with Crippen LogP contribution < -0.4 is 10.1 Å². The van der Waals surface area contributed by atoms with Crippen LogP contribution in [0.4, 0.5) is 5.69 Å². The Hall–Kier alpha value is -1.55. The zero-order valence-corrected chi connectivity index (χ0v) is 16.4. The smallest absolute Gasteiger partial charge is 0.256 e. The van der Waals surface area contributed by atoms with E-state index in [9.17, 15) is 4.79 Å². The standard InChI is InChI=1S/C21H33NO3/c1-6-7-11-25-19-16(3)12-18(13-17(19)4)22-20(23)21(24-5)10-8-9-15(2)14-21/h12-13,15H,6-11,14H2,1-5H3,(H,22,23)/t15-,21+/m0/s1. The lowest BCUT2D eigenvalue weighted by molar-refractivity contribution is -0.143. The normalized spacial score (nSPS) is 23.3. The van der Waals surface area contributed by atoms with Gasteiger partial charge in [-0.05, 0) is 68.7 Å². The van der Waals surface area contributed by atoms with Crippen molar-refractivity contribution in [2.24, 2.45) is 5.92 Å². The second-order valence-electron chi connectivity index (χ2n) is 7.50. The van der Waals surface area contributed by atoms with Crippen molar-refractivity contribution in [3.63, 3.8) is 0 Å². The topological polar surface area (TPSA) is 47.6 Å². The van der Waals surface area contributed by atoms with Crippen LogP contribution in [0.3, 0.4) is 0 Å². The summed E-state index contributed by atoms with van der Waals surface area (Å²) in [5.41, 5.74) is 2.22. The van der Waals surface area contributed by atoms with Gasteiger partial charge in [-0.3, -0.25) is 4.79 Å². The molecule has 2 atom stereocenters. The number of unbranched alkanes of at least 4 members (excludes halogenated alkanes) is 1. The minimum Gasteiger partial charge on any atom is -0.493 e. The van der Waals surface area contributed by atoms with E-state index in [4.69, 9.17) is 9.47 Å². The van der Waals surface area contributed by atoms with E-state index in [1.807, 2.05) is 26.0 Å². The zero-order valence-electron chi connectivity index (χ0n) is 16.4. The number of aryl methyl sites for hydroxylation is 2. The summed E-state index contributed by atoms with van der Waals surface area (Å²) in [6.07, 6.45) is 5.93. The Morgan fingerprint density at radius 2 is 2.00 bits per heavy atom. The average molecular weight is 347 g/mol. The predicted molar refractivity (Wildman–Crippen MR) is 102 cm³/mol. The van der Waals surface area contributed by atoms with Gasteiger partial charge in [0.15, 0.2) is 0 Å². The molecule has 0 heterocycles. The highest BCUT2D eigenvalue weighted by Crippen LogP contribution is 2.36. The molecule has 1 aliphatic carbocycles. The number of hydrogen-bond acceptors (Lipinski definition) is 3. The third kappa shape index (κ3) is 4.75. The Labute approximate surface area is 152 Å². The molecule has 0 radical (unpaired) electrons. The molecule has 25 heavy (non-hydrogen) atoms. The summed E-state index contributed by atoms with van der Waals surface area (Å²) in [5, 5.41) is 3.08. The first kappa shape index (κ1) is 19.8. The fraction of sp³-hybridized carbons (Fsp3) is 0.667. The molecule has 1 amide bonds. The zero-order chi connectivity index (χ0) is 18.4. The van der Waals surface area contributed by atoms with Crippen molar-refractivity contribution in [2.45, 2.75) is 71.8 Å². The van der Waals surface area contributed by atoms with Crippen LogP contribution >= 0.6 is 0 Å². The van der Waals surface area contributed by atoms with Crippen molar-refractivity contribution in [1.29, 1.82) is 0 Å². The van der Waals surface area contributed by atoms with Gasteiger partial charge in [-0.15, -0.1) is 0 Å². The van der Waals surface area contributed by atoms with E-state index < -0.39 is 5.60 Å². The molecular formula is C21H33NO3. The summed E-state index contributed by atoms with van der Waals surface area (Å²) in [5.74, 6) is 1.41. The number of anilines is 1. The molecule has 0 unspecified atom stereocenters. The molecule has 0 aromatic heterocycles. The van der Waals surface area contributed by atoms with Gasteiger partial charge in [0.05, 0.1) is 6.61 Å². The van der Waals surface area contributed by atoms with Crippen LogP contribution in [0.2, 0.25) is 0 Å². The number of methoxy groups -OCH3 is 1. The van der Waals surface area contributed by atoms with Crippen LogP contribution in [0.1, 0.15) is 63.5 Å². The summed E-state index contributed by atoms with van der Waals surface area (Å²) in [7, 11) is 1.65. The molecule has 0 spiro atoms. The fourth-order valence-electron chi connectivity index (χ4n) is 3.80. The van der Waals surface area contributed by atoms with E-state index in [0.29, 0.717) is 5.92 Å². The summed E-state index contributed by atoms with van der Waals surface area (Å²) in [6.45, 7) is 9.13. The Bertz CT molecular complexity index is 576. The lowest BCUT2D eigenvalue weighted by Gasteiger charge is -2.37. The number of benzene rings is 1. The Morgan fingerprint density at radius 1 is 1.32 bits per heavy atom. The molecule has 1 aliphatic rings. The first-order valence-corrected chi connectivity index (χ1v) is 9.52. The minimum atomic E-state index is -0.699. The number of carbonyl (C=O) groups excluding carboxylic acids is 1. The Morgan fingerprint density at radius 3 is 2.56 bits per heavy atom. The molecule has 4 heteroatoms. The van der Waals surface area contributed by atoms with Crippen molar-refractivity contribution in [3.8, 4) is 5.75 Å². The summed E-state index contributed by atoms with van der Waals surface area (Å²) in [6, 6.07) is 3.98. The largest absolute Gasteiger partial charge is 0.493 e. The van der Waals surface area contributed by atoms with Gasteiger partial charge in [0.1, 0.15) is 11.4 Å². The maximum absolute atomic E-state index is 12.9. The highest BCUT2D eigenvalue weighted by atomic mass is 16.5. The Kier molecular flexibility index (Phi) is 6.88. The van der Waals surface area contributed by atoms with E-state index in [0.717, 1.165) is 61.3 Å². The minimum absolute atomic E-state index is 0.0278. The number of ether oxygens (including phenoxy) is 2. The molecule has 1 saturated carbocycles. The van der Waals surface area contributed by atoms with E-state index in [1.165, 1.54) is 6.42 Å². The van der Waals surface area contributed by atoms with Gasteiger partial charge in [0, 0.05) is 12.8 Å². The van der Waals surface area contributed by atoms with Crippen LogP contribution in [0.15, 0.2) is 12.1 Å². The summed E-state index contributed by atoms with van der Waals surface area (Å²) < 4.78 is 11.6. The molecule has 1 aromatic rings. The van der Waals surface area contributed by atoms with E-state index >= 15 is 0 Å². The van der Waals surface area contributed by atoms with Gasteiger partial charge in [0.25, 0.3) is 5.91 Å². The SMILES string of the molecule is CCCCOc1c(C)cc(NC(=O)[C@@]2(OC)CCC[C@H](C)C2)cc1C. The van der Waals surface area contributed by atoms with Crippen LogP contribution in [0, 0.1) is 19.8 Å². The fourth-order valence-corrected chi connectivity index (χ4v) is 3.80. The molecule has 1 fully saturated rings. The number of hydrogen-bond donors (Lipinski definition) is 1. The van der Waals surface area contributed by atoms with Crippen molar-refractivity contribution in [1.82, 2.24) is 0 Å². The average Bonchev–Trinajstić information content (AvgIpc) is 2.57. The lowest BCUT2D eigenvalue weighted by Crippen LogP contribution is -2.47. The van der Waals surface area contributed by atoms with Crippen molar-refractivity contribution in [3.05, 3.63) is 23.3 Å². The van der Waals surface area contributed by atoms with Crippen LogP contribution in [-0.2, 0) is 9.53 Å². The highest BCUT2D eigenvalue weighted by molar-refractivity contribution is 5.97. The van der Waals surface area contributed by atoms with Gasteiger partial charge >= 0.3 is 0 Å². The molecule has 4 nitrogen and oxygen atoms in total. The molecule has 0 bridgehead atoms. The first-order chi connectivity index (χ1) is 11.9. The predicted octanol–water partition coefficient (Wildman–Crippen LogP) is 5.02. The number of rotatable bonds is 7. The number of nitrogens with one attached hydrogen (secondary N) is 1. The molecule has 1 N–H and O–H groups in total. The second-order valence-corrected chi connectivity index (χ2v) is 7.50. The van der Waals surface area contributed by atoms with Gasteiger partial charge in [-0.25, -0.2) is 0 Å². The molecule has 2 rings (SSSR count). The number of amides is 1. The van der Waals surface area contributed by atoms with E-state index in [2.05, 4.69) is 19.2 Å². The molecule has 0 saturated heterocycles. The van der Waals surface area contributed by atoms with Crippen LogP contribution in [-0.4, -0.2) is 25.2 Å². The summed E-state index contributed by atoms with van der Waals surface area (Å²) in [4.78, 5) is 12.9. The molecule has 1 aromatic carbocycles. The highest BCUT2D eigenvalue weighted by Gasteiger charge is 2.42. The quantitative estimate of drug-likeness (QED) is 0.705. The molecule has 0 aliphatic heterocycles. The summed E-state index contributed by atoms with van der Waals surface area (Å²) >= 11 is 0. The first-order valence-electron chi connectivity index (χ1n) is 9.52. The van der Waals surface area contributed by atoms with Crippen molar-refractivity contribution >= 4 is 11.6 Å². The van der Waals surface area contributed by atoms with Crippen LogP contribution in [0.5, 0.6) is 5.75 Å². The maximum Gasteiger partial charge on any atom is 0.256 e. The van der Waals surface area contributed by atoms with Crippen molar-refractivity contribution in [2.75, 3.05) is 19.0 Å². The third-order valence-corrected chi connectivity index (χ3v) is 5.22. The monoisotopic (exact) mass is 347 g/mol. The van der Waals surface area contributed by atoms with E-state index in [1.54, 1.807) is 7.11 Å². The van der Waals surface area contributed by atoms with Gasteiger partial charge in [-0.1, -0.05) is 26.7 Å². The molecule has 140 valence electrons. The van der Waals surface area contributed by atoms with Gasteiger partial charge < -0.3 is 14.8 Å². The Balaban J connectivity index is 2.12. The van der Waals surface area contributed by atoms with Gasteiger partial charge in [0.2, 0.25) is 0 Å². The maximum atomic E-state index is 12.9. The lowest BCUT2D eigenvalue weighted by atomic mass is 9.78. The van der Waals surface area contributed by atoms with Crippen molar-refractivity contribution < 1.29 is 14.3 Å². The second kappa shape index (κ2) is 8.70. The third-order valence-electron chi connectivity index (χ3n) is 5.22. The number of carbonyl (C=O) groups is 1. The van der Waals surface area contributed by atoms with Crippen LogP contribution in [0.25, 0.3) is 0 Å². The van der Waals surface area contributed by atoms with E-state index in [-0.39, 0.29) is 5.91 Å².